The molecule has 0 aliphatic carbocycles. The molecule has 110 valence electrons. The van der Waals surface area contributed by atoms with Gasteiger partial charge in [-0.05, 0) is 57.5 Å². The van der Waals surface area contributed by atoms with Crippen LogP contribution < -0.4 is 9.80 Å². The van der Waals surface area contributed by atoms with Gasteiger partial charge in [0, 0.05) is 50.1 Å². The minimum Gasteiger partial charge on any atom is -0.372 e. The van der Waals surface area contributed by atoms with Gasteiger partial charge >= 0.3 is 0 Å². The van der Waals surface area contributed by atoms with Crippen molar-refractivity contribution in [3.8, 4) is 0 Å². The minimum absolute atomic E-state index is 0.797. The van der Waals surface area contributed by atoms with Crippen LogP contribution in [0.5, 0.6) is 0 Å². The van der Waals surface area contributed by atoms with Crippen molar-refractivity contribution in [2.24, 2.45) is 0 Å². The first-order valence-electron chi connectivity index (χ1n) is 8.15. The zero-order valence-corrected chi connectivity index (χ0v) is 12.9. The maximum atomic E-state index is 2.67. The summed E-state index contributed by atoms with van der Waals surface area (Å²) < 4.78 is 0. The molecule has 2 aliphatic heterocycles. The second-order valence-corrected chi connectivity index (χ2v) is 5.97. The summed E-state index contributed by atoms with van der Waals surface area (Å²) in [7, 11) is 0. The van der Waals surface area contributed by atoms with Crippen molar-refractivity contribution in [3.05, 3.63) is 24.3 Å². The first-order chi connectivity index (χ1) is 9.81. The maximum Gasteiger partial charge on any atom is 0.0368 e. The zero-order chi connectivity index (χ0) is 13.9. The van der Waals surface area contributed by atoms with Gasteiger partial charge in [-0.25, -0.2) is 0 Å². The fourth-order valence-electron chi connectivity index (χ4n) is 3.69. The third-order valence-corrected chi connectivity index (χ3v) is 4.93. The highest BCUT2D eigenvalue weighted by Crippen LogP contribution is 2.27. The Hall–Kier alpha value is -1.22. The van der Waals surface area contributed by atoms with Crippen LogP contribution in [0.4, 0.5) is 11.4 Å². The quantitative estimate of drug-likeness (QED) is 0.835. The van der Waals surface area contributed by atoms with Crippen molar-refractivity contribution in [1.29, 1.82) is 0 Å². The molecule has 0 saturated carbocycles. The smallest absolute Gasteiger partial charge is 0.0368 e. The molecule has 0 radical (unpaired) electrons. The molecule has 2 heterocycles. The highest BCUT2D eigenvalue weighted by Gasteiger charge is 2.30. The lowest BCUT2D eigenvalue weighted by atomic mass is 10.1. The molecule has 1 aromatic rings. The molecule has 1 unspecified atom stereocenters. The molecule has 0 aromatic heterocycles. The molecule has 2 saturated heterocycles. The van der Waals surface area contributed by atoms with Gasteiger partial charge in [0.15, 0.2) is 0 Å². The fraction of sp³-hybridized carbons (Fsp3) is 0.647. The molecule has 3 heteroatoms. The molecule has 1 aromatic carbocycles. The van der Waals surface area contributed by atoms with Gasteiger partial charge in [-0.1, -0.05) is 0 Å². The van der Waals surface area contributed by atoms with E-state index in [0.717, 1.165) is 19.1 Å². The van der Waals surface area contributed by atoms with Gasteiger partial charge in [0.1, 0.15) is 0 Å². The van der Waals surface area contributed by atoms with Gasteiger partial charge in [0.2, 0.25) is 0 Å². The van der Waals surface area contributed by atoms with Crippen LogP contribution in [0, 0.1) is 0 Å². The Morgan fingerprint density at radius 1 is 1.05 bits per heavy atom. The summed E-state index contributed by atoms with van der Waals surface area (Å²) in [6.45, 7) is 11.5. The number of fused-ring (bicyclic) bond motifs is 1. The molecule has 1 atom stereocenters. The van der Waals surface area contributed by atoms with Crippen LogP contribution in [0.15, 0.2) is 24.3 Å². The summed E-state index contributed by atoms with van der Waals surface area (Å²) in [5, 5.41) is 0. The predicted octanol–water partition coefficient (Wildman–Crippen LogP) is 2.82. The van der Waals surface area contributed by atoms with Crippen LogP contribution >= 0.6 is 0 Å². The number of hydrogen-bond donors (Lipinski definition) is 0. The van der Waals surface area contributed by atoms with E-state index in [4.69, 9.17) is 0 Å². The lowest BCUT2D eigenvalue weighted by molar-refractivity contribution is 0.231. The van der Waals surface area contributed by atoms with Crippen LogP contribution in [0.3, 0.4) is 0 Å². The molecule has 0 N–H and O–H groups in total. The van der Waals surface area contributed by atoms with Crippen molar-refractivity contribution >= 4 is 11.4 Å². The Morgan fingerprint density at radius 3 is 2.50 bits per heavy atom. The Morgan fingerprint density at radius 2 is 1.80 bits per heavy atom. The maximum absolute atomic E-state index is 2.67. The molecule has 3 nitrogen and oxygen atoms in total. The van der Waals surface area contributed by atoms with Crippen LogP contribution in [-0.4, -0.2) is 50.2 Å². The SMILES string of the molecule is CCN(CC)c1ccc(N2CCN3CCCC3C2)cc1. The Kier molecular flexibility index (Phi) is 4.16. The van der Waals surface area contributed by atoms with E-state index in [1.807, 2.05) is 0 Å². The number of hydrogen-bond acceptors (Lipinski definition) is 3. The van der Waals surface area contributed by atoms with Crippen molar-refractivity contribution in [2.45, 2.75) is 32.7 Å². The molecule has 0 amide bonds. The van der Waals surface area contributed by atoms with E-state index in [-0.39, 0.29) is 0 Å². The van der Waals surface area contributed by atoms with Gasteiger partial charge in [-0.2, -0.15) is 0 Å². The molecule has 20 heavy (non-hydrogen) atoms. The van der Waals surface area contributed by atoms with Crippen molar-refractivity contribution < 1.29 is 0 Å². The zero-order valence-electron chi connectivity index (χ0n) is 12.9. The minimum atomic E-state index is 0.797. The molecule has 0 bridgehead atoms. The molecule has 3 rings (SSSR count). The summed E-state index contributed by atoms with van der Waals surface area (Å²) in [6.07, 6.45) is 2.77. The summed E-state index contributed by atoms with van der Waals surface area (Å²) >= 11 is 0. The summed E-state index contributed by atoms with van der Waals surface area (Å²) in [6, 6.07) is 9.97. The van der Waals surface area contributed by atoms with Crippen molar-refractivity contribution in [3.63, 3.8) is 0 Å². The van der Waals surface area contributed by atoms with Crippen molar-refractivity contribution in [2.75, 3.05) is 49.1 Å². The standard InChI is InChI=1S/C17H27N3/c1-3-18(4-2)15-7-9-16(10-8-15)20-13-12-19-11-5-6-17(19)14-20/h7-10,17H,3-6,11-14H2,1-2H3. The Balaban J connectivity index is 1.68. The van der Waals surface area contributed by atoms with Gasteiger partial charge in [0.25, 0.3) is 0 Å². The first kappa shape index (κ1) is 13.7. The molecular weight excluding hydrogens is 246 g/mol. The molecular formula is C17H27N3. The van der Waals surface area contributed by atoms with Gasteiger partial charge in [-0.3, -0.25) is 4.90 Å². The second-order valence-electron chi connectivity index (χ2n) is 5.97. The average Bonchev–Trinajstić information content (AvgIpc) is 2.96. The highest BCUT2D eigenvalue weighted by atomic mass is 15.3. The first-order valence-corrected chi connectivity index (χ1v) is 8.15. The lowest BCUT2D eigenvalue weighted by Gasteiger charge is -2.39. The number of rotatable bonds is 4. The van der Waals surface area contributed by atoms with E-state index in [2.05, 4.69) is 52.8 Å². The van der Waals surface area contributed by atoms with E-state index >= 15 is 0 Å². The number of piperazine rings is 1. The number of nitrogens with zero attached hydrogens (tertiary/aromatic N) is 3. The average molecular weight is 273 g/mol. The molecule has 2 fully saturated rings. The van der Waals surface area contributed by atoms with Crippen LogP contribution in [0.1, 0.15) is 26.7 Å². The third kappa shape index (κ3) is 2.64. The molecule has 0 spiro atoms. The fourth-order valence-corrected chi connectivity index (χ4v) is 3.69. The summed E-state index contributed by atoms with van der Waals surface area (Å²) in [5.41, 5.74) is 2.74. The topological polar surface area (TPSA) is 9.72 Å². The van der Waals surface area contributed by atoms with E-state index in [9.17, 15) is 0 Å². The number of benzene rings is 1. The second kappa shape index (κ2) is 6.04. The highest BCUT2D eigenvalue weighted by molar-refractivity contribution is 5.56. The number of anilines is 2. The molecule has 2 aliphatic rings. The van der Waals surface area contributed by atoms with Crippen LogP contribution in [0.25, 0.3) is 0 Å². The largest absolute Gasteiger partial charge is 0.372 e. The van der Waals surface area contributed by atoms with Gasteiger partial charge in [-0.15, -0.1) is 0 Å². The van der Waals surface area contributed by atoms with Crippen LogP contribution in [0.2, 0.25) is 0 Å². The Labute approximate surface area is 123 Å². The normalized spacial score (nSPS) is 22.9. The van der Waals surface area contributed by atoms with Crippen LogP contribution in [-0.2, 0) is 0 Å². The van der Waals surface area contributed by atoms with Gasteiger partial charge < -0.3 is 9.80 Å². The Bertz CT molecular complexity index is 424. The van der Waals surface area contributed by atoms with E-state index in [0.29, 0.717) is 0 Å². The van der Waals surface area contributed by atoms with Crippen molar-refractivity contribution in [1.82, 2.24) is 4.90 Å². The predicted molar refractivity (Wildman–Crippen MR) is 86.8 cm³/mol. The van der Waals surface area contributed by atoms with Gasteiger partial charge in [0.05, 0.1) is 0 Å². The lowest BCUT2D eigenvalue weighted by Crippen LogP contribution is -2.50. The monoisotopic (exact) mass is 273 g/mol. The van der Waals surface area contributed by atoms with E-state index in [1.54, 1.807) is 0 Å². The summed E-state index contributed by atoms with van der Waals surface area (Å²) in [4.78, 5) is 7.64. The van der Waals surface area contributed by atoms with E-state index in [1.165, 1.54) is 50.4 Å². The van der Waals surface area contributed by atoms with E-state index < -0.39 is 0 Å². The third-order valence-electron chi connectivity index (χ3n) is 4.93. The summed E-state index contributed by atoms with van der Waals surface area (Å²) in [5.74, 6) is 0.